The van der Waals surface area contributed by atoms with Gasteiger partial charge < -0.3 is 10.0 Å². The van der Waals surface area contributed by atoms with Gasteiger partial charge in [-0.1, -0.05) is 25.0 Å². The second-order valence-electron chi connectivity index (χ2n) is 7.67. The summed E-state index contributed by atoms with van der Waals surface area (Å²) in [4.78, 5) is 4.91. The Hall–Kier alpha value is -1.06. The lowest BCUT2D eigenvalue weighted by Crippen LogP contribution is -2.52. The first-order valence-electron chi connectivity index (χ1n) is 8.92. The molecule has 0 spiro atoms. The van der Waals surface area contributed by atoms with Gasteiger partial charge in [0.15, 0.2) is 0 Å². The molecule has 0 bridgehead atoms. The molecule has 0 radical (unpaired) electrons. The summed E-state index contributed by atoms with van der Waals surface area (Å²) in [6, 6.07) is 6.99. The topological polar surface area (TPSA) is 26.7 Å². The van der Waals surface area contributed by atoms with Gasteiger partial charge in [0.05, 0.1) is 5.60 Å². The highest BCUT2D eigenvalue weighted by Crippen LogP contribution is 2.40. The van der Waals surface area contributed by atoms with Crippen LogP contribution in [0.1, 0.15) is 43.2 Å². The molecule has 0 aromatic heterocycles. The Balaban J connectivity index is 1.44. The average molecular weight is 300 g/mol. The Bertz CT molecular complexity index is 558. The number of hydrogen-bond acceptors (Lipinski definition) is 3. The molecule has 1 aromatic rings. The van der Waals surface area contributed by atoms with Crippen LogP contribution in [0.25, 0.3) is 0 Å². The third kappa shape index (κ3) is 2.55. The molecule has 120 valence electrons. The molecule has 3 aliphatic rings. The SMILES string of the molecule is CN1CCc2cc(CN3CCC4(O)CCCCC4C3)ccc21. The van der Waals surface area contributed by atoms with E-state index in [9.17, 15) is 5.11 Å². The summed E-state index contributed by atoms with van der Waals surface area (Å²) in [5.41, 5.74) is 4.00. The number of piperidine rings is 1. The molecule has 0 amide bonds. The Kier molecular flexibility index (Phi) is 3.66. The second kappa shape index (κ2) is 5.54. The van der Waals surface area contributed by atoms with Gasteiger partial charge in [-0.05, 0) is 42.9 Å². The quantitative estimate of drug-likeness (QED) is 0.910. The molecule has 2 atom stereocenters. The predicted octanol–water partition coefficient (Wildman–Crippen LogP) is 2.81. The Morgan fingerprint density at radius 3 is 3.05 bits per heavy atom. The van der Waals surface area contributed by atoms with E-state index in [2.05, 4.69) is 35.0 Å². The highest BCUT2D eigenvalue weighted by atomic mass is 16.3. The maximum Gasteiger partial charge on any atom is 0.0700 e. The zero-order chi connectivity index (χ0) is 15.2. The summed E-state index contributed by atoms with van der Waals surface area (Å²) in [6.07, 6.45) is 6.89. The Morgan fingerprint density at radius 2 is 2.14 bits per heavy atom. The van der Waals surface area contributed by atoms with Gasteiger partial charge in [0.2, 0.25) is 0 Å². The minimum Gasteiger partial charge on any atom is -0.390 e. The summed E-state index contributed by atoms with van der Waals surface area (Å²) in [5.74, 6) is 0.496. The summed E-state index contributed by atoms with van der Waals surface area (Å²) < 4.78 is 0. The summed E-state index contributed by atoms with van der Waals surface area (Å²) in [6.45, 7) is 4.32. The molecule has 2 heterocycles. The highest BCUT2D eigenvalue weighted by molar-refractivity contribution is 5.58. The van der Waals surface area contributed by atoms with E-state index in [0.29, 0.717) is 5.92 Å². The monoisotopic (exact) mass is 300 g/mol. The first kappa shape index (κ1) is 14.5. The zero-order valence-corrected chi connectivity index (χ0v) is 13.7. The van der Waals surface area contributed by atoms with E-state index in [1.807, 2.05) is 0 Å². The van der Waals surface area contributed by atoms with Crippen LogP contribution in [0.2, 0.25) is 0 Å². The van der Waals surface area contributed by atoms with Crippen LogP contribution in [0.3, 0.4) is 0 Å². The zero-order valence-electron chi connectivity index (χ0n) is 13.7. The number of nitrogens with zero attached hydrogens (tertiary/aromatic N) is 2. The normalized spacial score (nSPS) is 31.9. The lowest BCUT2D eigenvalue weighted by Gasteiger charge is -2.47. The van der Waals surface area contributed by atoms with Crippen LogP contribution in [0.5, 0.6) is 0 Å². The Morgan fingerprint density at radius 1 is 1.23 bits per heavy atom. The smallest absolute Gasteiger partial charge is 0.0700 e. The molecule has 1 aromatic carbocycles. The fourth-order valence-electron chi connectivity index (χ4n) is 4.76. The van der Waals surface area contributed by atoms with Crippen LogP contribution >= 0.6 is 0 Å². The molecule has 2 fully saturated rings. The van der Waals surface area contributed by atoms with Gasteiger partial charge in [-0.15, -0.1) is 0 Å². The van der Waals surface area contributed by atoms with Gasteiger partial charge in [-0.25, -0.2) is 0 Å². The van der Waals surface area contributed by atoms with E-state index in [-0.39, 0.29) is 5.60 Å². The number of fused-ring (bicyclic) bond motifs is 2. The van der Waals surface area contributed by atoms with Crippen molar-refractivity contribution in [1.82, 2.24) is 4.90 Å². The molecular formula is C19H28N2O. The first-order chi connectivity index (χ1) is 10.6. The predicted molar refractivity (Wildman–Crippen MR) is 90.2 cm³/mol. The number of hydrogen-bond donors (Lipinski definition) is 1. The van der Waals surface area contributed by atoms with Crippen LogP contribution in [0.15, 0.2) is 18.2 Å². The van der Waals surface area contributed by atoms with E-state index in [1.54, 1.807) is 0 Å². The molecule has 3 heteroatoms. The number of likely N-dealkylation sites (N-methyl/N-ethyl adjacent to an activating group) is 1. The van der Waals surface area contributed by atoms with Crippen molar-refractivity contribution < 1.29 is 5.11 Å². The van der Waals surface area contributed by atoms with Crippen molar-refractivity contribution >= 4 is 5.69 Å². The van der Waals surface area contributed by atoms with Crippen molar-refractivity contribution in [3.05, 3.63) is 29.3 Å². The van der Waals surface area contributed by atoms with E-state index < -0.39 is 0 Å². The molecule has 22 heavy (non-hydrogen) atoms. The van der Waals surface area contributed by atoms with Crippen molar-refractivity contribution in [2.75, 3.05) is 31.6 Å². The number of aliphatic hydroxyl groups is 1. The summed E-state index contributed by atoms with van der Waals surface area (Å²) >= 11 is 0. The van der Waals surface area contributed by atoms with Gasteiger partial charge in [-0.3, -0.25) is 4.90 Å². The number of anilines is 1. The summed E-state index contributed by atoms with van der Waals surface area (Å²) in [5, 5.41) is 10.8. The van der Waals surface area contributed by atoms with Gasteiger partial charge >= 0.3 is 0 Å². The van der Waals surface area contributed by atoms with Crippen molar-refractivity contribution in [2.24, 2.45) is 5.92 Å². The molecule has 1 saturated heterocycles. The van der Waals surface area contributed by atoms with Crippen LogP contribution in [0.4, 0.5) is 5.69 Å². The van der Waals surface area contributed by atoms with E-state index in [0.717, 1.165) is 39.0 Å². The largest absolute Gasteiger partial charge is 0.390 e. The van der Waals surface area contributed by atoms with Crippen molar-refractivity contribution in [2.45, 2.75) is 50.7 Å². The lowest BCUT2D eigenvalue weighted by molar-refractivity contribution is -0.0967. The standard InChI is InChI=1S/C19H28N2O/c1-20-10-7-16-12-15(5-6-18(16)20)13-21-11-9-19(22)8-3-2-4-17(19)14-21/h5-6,12,17,22H,2-4,7-11,13-14H2,1H3. The van der Waals surface area contributed by atoms with Gasteiger partial charge in [-0.2, -0.15) is 0 Å². The van der Waals surface area contributed by atoms with Gasteiger partial charge in [0.1, 0.15) is 0 Å². The molecule has 3 nitrogen and oxygen atoms in total. The van der Waals surface area contributed by atoms with Crippen LogP contribution < -0.4 is 4.90 Å². The minimum atomic E-state index is -0.352. The van der Waals surface area contributed by atoms with Crippen LogP contribution in [-0.2, 0) is 13.0 Å². The van der Waals surface area contributed by atoms with Crippen LogP contribution in [0, 0.1) is 5.92 Å². The maximum atomic E-state index is 10.8. The van der Waals surface area contributed by atoms with Gasteiger partial charge in [0, 0.05) is 44.8 Å². The van der Waals surface area contributed by atoms with E-state index in [1.165, 1.54) is 42.5 Å². The third-order valence-electron chi connectivity index (χ3n) is 6.19. The number of rotatable bonds is 2. The third-order valence-corrected chi connectivity index (χ3v) is 6.19. The molecular weight excluding hydrogens is 272 g/mol. The second-order valence-corrected chi connectivity index (χ2v) is 7.67. The van der Waals surface area contributed by atoms with E-state index >= 15 is 0 Å². The molecule has 1 saturated carbocycles. The molecule has 2 unspecified atom stereocenters. The lowest BCUT2D eigenvalue weighted by atomic mass is 9.71. The van der Waals surface area contributed by atoms with Crippen LogP contribution in [-0.4, -0.2) is 42.3 Å². The molecule has 2 aliphatic heterocycles. The number of benzene rings is 1. The summed E-state index contributed by atoms with van der Waals surface area (Å²) in [7, 11) is 2.18. The van der Waals surface area contributed by atoms with E-state index in [4.69, 9.17) is 0 Å². The maximum absolute atomic E-state index is 10.8. The fraction of sp³-hybridized carbons (Fsp3) is 0.684. The van der Waals surface area contributed by atoms with Gasteiger partial charge in [0.25, 0.3) is 0 Å². The van der Waals surface area contributed by atoms with Crippen molar-refractivity contribution in [1.29, 1.82) is 0 Å². The minimum absolute atomic E-state index is 0.352. The van der Waals surface area contributed by atoms with Crippen molar-refractivity contribution in [3.8, 4) is 0 Å². The molecule has 1 aliphatic carbocycles. The fourth-order valence-corrected chi connectivity index (χ4v) is 4.76. The first-order valence-corrected chi connectivity index (χ1v) is 8.92. The van der Waals surface area contributed by atoms with Crippen molar-refractivity contribution in [3.63, 3.8) is 0 Å². The molecule has 4 rings (SSSR count). The number of likely N-dealkylation sites (tertiary alicyclic amines) is 1. The molecule has 1 N–H and O–H groups in total. The Labute approximate surface area is 133 Å². The average Bonchev–Trinajstić information content (AvgIpc) is 2.88. The highest BCUT2D eigenvalue weighted by Gasteiger charge is 2.42.